The zero-order chi connectivity index (χ0) is 7.86. The van der Waals surface area contributed by atoms with Gasteiger partial charge in [-0.2, -0.15) is 0 Å². The Morgan fingerprint density at radius 2 is 2.00 bits per heavy atom. The molecule has 0 aromatic rings. The van der Waals surface area contributed by atoms with E-state index in [-0.39, 0.29) is 5.97 Å². The van der Waals surface area contributed by atoms with Gasteiger partial charge < -0.3 is 9.94 Å². The zero-order valence-electron chi connectivity index (χ0n) is 5.55. The molecule has 3 N–H and O–H groups in total. The van der Waals surface area contributed by atoms with Crippen molar-refractivity contribution in [1.29, 1.82) is 0 Å². The van der Waals surface area contributed by atoms with Gasteiger partial charge in [-0.1, -0.05) is 6.58 Å². The molecule has 0 saturated carbocycles. The van der Waals surface area contributed by atoms with Crippen molar-refractivity contribution in [3.05, 3.63) is 12.2 Å². The van der Waals surface area contributed by atoms with Crippen molar-refractivity contribution in [3.63, 3.8) is 0 Å². The van der Waals surface area contributed by atoms with Gasteiger partial charge in [-0.15, -0.1) is 0 Å². The first-order chi connectivity index (χ1) is 4.18. The molecule has 54 valence electrons. The molecule has 0 aliphatic carbocycles. The second kappa shape index (κ2) is 7.13. The van der Waals surface area contributed by atoms with Gasteiger partial charge in [0, 0.05) is 5.57 Å². The van der Waals surface area contributed by atoms with Crippen molar-refractivity contribution in [1.82, 2.24) is 0 Å². The Morgan fingerprint density at radius 3 is 2.00 bits per heavy atom. The maximum absolute atomic E-state index is 10.2. The lowest BCUT2D eigenvalue weighted by molar-refractivity contribution is -0.136. The smallest absolute Gasteiger partial charge is 0.332 e. The minimum Gasteiger partial charge on any atom is -0.466 e. The second-order valence-corrected chi connectivity index (χ2v) is 1.27. The summed E-state index contributed by atoms with van der Waals surface area (Å²) in [7, 11) is 1.33. The molecule has 9 heavy (non-hydrogen) atoms. The summed E-state index contributed by atoms with van der Waals surface area (Å²) in [5, 5.41) is 6.50. The topological polar surface area (TPSA) is 72.5 Å². The molecule has 0 aliphatic rings. The monoisotopic (exact) mass is 133 g/mol. The van der Waals surface area contributed by atoms with Crippen molar-refractivity contribution < 1.29 is 14.7 Å². The number of ether oxygens (including phenoxy) is 1. The van der Waals surface area contributed by atoms with Gasteiger partial charge in [0.05, 0.1) is 7.11 Å². The van der Waals surface area contributed by atoms with Crippen molar-refractivity contribution in [3.8, 4) is 0 Å². The van der Waals surface area contributed by atoms with Gasteiger partial charge in [0.2, 0.25) is 0 Å². The summed E-state index contributed by atoms with van der Waals surface area (Å²) in [5.74, 6) is 3.15. The number of methoxy groups -OCH3 is 1. The predicted octanol–water partition coefficient (Wildman–Crippen LogP) is 0.0698. The number of esters is 1. The number of carbonyl (C=O) groups is 1. The van der Waals surface area contributed by atoms with E-state index < -0.39 is 0 Å². The standard InChI is InChI=1S/C5H8O2.H3NO/c1-4(2)5(6)7-3;1-2/h1H2,2-3H3;2H,1H2. The van der Waals surface area contributed by atoms with Crippen LogP contribution in [0.2, 0.25) is 0 Å². The number of hydrogen-bond acceptors (Lipinski definition) is 4. The molecule has 0 aromatic carbocycles. The molecule has 0 rings (SSSR count). The Balaban J connectivity index is 0. The highest BCUT2D eigenvalue weighted by Crippen LogP contribution is 1.87. The van der Waals surface area contributed by atoms with Gasteiger partial charge >= 0.3 is 5.97 Å². The van der Waals surface area contributed by atoms with E-state index in [1.165, 1.54) is 7.11 Å². The zero-order valence-corrected chi connectivity index (χ0v) is 5.55. The summed E-state index contributed by atoms with van der Waals surface area (Å²) < 4.78 is 4.27. The van der Waals surface area contributed by atoms with Crippen LogP contribution >= 0.6 is 0 Å². The summed E-state index contributed by atoms with van der Waals surface area (Å²) >= 11 is 0. The van der Waals surface area contributed by atoms with Gasteiger partial charge in [-0.3, -0.25) is 0 Å². The summed E-state index contributed by atoms with van der Waals surface area (Å²) in [6, 6.07) is 0. The van der Waals surface area contributed by atoms with Crippen molar-refractivity contribution in [2.45, 2.75) is 6.92 Å². The van der Waals surface area contributed by atoms with Gasteiger partial charge in [-0.25, -0.2) is 10.7 Å². The van der Waals surface area contributed by atoms with Crippen LogP contribution in [0, 0.1) is 0 Å². The van der Waals surface area contributed by atoms with Crippen LogP contribution in [0.5, 0.6) is 0 Å². The lowest BCUT2D eigenvalue weighted by atomic mass is 10.4. The van der Waals surface area contributed by atoms with Gasteiger partial charge in [-0.05, 0) is 6.92 Å². The molecule has 0 saturated heterocycles. The molecule has 0 heterocycles. The normalized spacial score (nSPS) is 6.67. The lowest BCUT2D eigenvalue weighted by Crippen LogP contribution is -1.98. The van der Waals surface area contributed by atoms with Gasteiger partial charge in [0.15, 0.2) is 0 Å². The molecule has 4 nitrogen and oxygen atoms in total. The predicted molar refractivity (Wildman–Crippen MR) is 32.8 cm³/mol. The Morgan fingerprint density at radius 1 is 1.67 bits per heavy atom. The molecule has 0 bridgehead atoms. The van der Waals surface area contributed by atoms with E-state index in [0.717, 1.165) is 0 Å². The van der Waals surface area contributed by atoms with E-state index in [0.29, 0.717) is 5.57 Å². The van der Waals surface area contributed by atoms with E-state index in [9.17, 15) is 4.79 Å². The third-order valence-electron chi connectivity index (χ3n) is 0.534. The average molecular weight is 133 g/mol. The first-order valence-electron chi connectivity index (χ1n) is 2.18. The van der Waals surface area contributed by atoms with Crippen LogP contribution < -0.4 is 5.90 Å². The molecule has 0 spiro atoms. The fourth-order valence-corrected chi connectivity index (χ4v) is 0.174. The fraction of sp³-hybridized carbons (Fsp3) is 0.400. The SMILES string of the molecule is C=C(C)C(=O)OC.NO. The molecule has 0 atom stereocenters. The van der Waals surface area contributed by atoms with Crippen molar-refractivity contribution in [2.24, 2.45) is 5.90 Å². The largest absolute Gasteiger partial charge is 0.466 e. The van der Waals surface area contributed by atoms with E-state index in [2.05, 4.69) is 17.2 Å². The Labute approximate surface area is 53.9 Å². The summed E-state index contributed by atoms with van der Waals surface area (Å²) in [6.07, 6.45) is 0. The minimum absolute atomic E-state index is 0.347. The van der Waals surface area contributed by atoms with E-state index in [4.69, 9.17) is 5.21 Å². The Hall–Kier alpha value is -0.870. The summed E-state index contributed by atoms with van der Waals surface area (Å²) in [4.78, 5) is 10.2. The number of hydrogen-bond donors (Lipinski definition) is 2. The Kier molecular flexibility index (Phi) is 8.71. The fourth-order valence-electron chi connectivity index (χ4n) is 0.174. The third-order valence-corrected chi connectivity index (χ3v) is 0.534. The molecule has 0 amide bonds. The van der Waals surface area contributed by atoms with Gasteiger partial charge in [0.25, 0.3) is 0 Å². The maximum Gasteiger partial charge on any atom is 0.332 e. The van der Waals surface area contributed by atoms with E-state index in [1.54, 1.807) is 6.92 Å². The molecule has 0 radical (unpaired) electrons. The number of carbonyl (C=O) groups excluding carboxylic acids is 1. The highest BCUT2D eigenvalue weighted by molar-refractivity contribution is 5.86. The molecule has 0 aromatic heterocycles. The molecule has 0 fully saturated rings. The van der Waals surface area contributed by atoms with Crippen LogP contribution in [0.15, 0.2) is 12.2 Å². The molecule has 0 aliphatic heterocycles. The van der Waals surface area contributed by atoms with Crippen molar-refractivity contribution >= 4 is 5.97 Å². The first kappa shape index (κ1) is 11.0. The average Bonchev–Trinajstić information content (AvgIpc) is 1.91. The number of rotatable bonds is 1. The van der Waals surface area contributed by atoms with Crippen LogP contribution in [0.4, 0.5) is 0 Å². The molecular weight excluding hydrogens is 122 g/mol. The number of nitrogens with two attached hydrogens (primary N) is 1. The van der Waals surface area contributed by atoms with Crippen LogP contribution in [-0.2, 0) is 9.53 Å². The second-order valence-electron chi connectivity index (χ2n) is 1.27. The maximum atomic E-state index is 10.2. The van der Waals surface area contributed by atoms with Crippen LogP contribution in [0.3, 0.4) is 0 Å². The first-order valence-corrected chi connectivity index (χ1v) is 2.18. The summed E-state index contributed by atoms with van der Waals surface area (Å²) in [5.41, 5.74) is 0.433. The van der Waals surface area contributed by atoms with E-state index in [1.807, 2.05) is 0 Å². The molecular formula is C5H11NO3. The lowest BCUT2D eigenvalue weighted by Gasteiger charge is -1.91. The van der Waals surface area contributed by atoms with Crippen molar-refractivity contribution in [2.75, 3.05) is 7.11 Å². The van der Waals surface area contributed by atoms with Gasteiger partial charge in [0.1, 0.15) is 0 Å². The quantitative estimate of drug-likeness (QED) is 0.301. The molecule has 0 unspecified atom stereocenters. The van der Waals surface area contributed by atoms with E-state index >= 15 is 0 Å². The highest BCUT2D eigenvalue weighted by Gasteiger charge is 1.95. The summed E-state index contributed by atoms with van der Waals surface area (Å²) in [6.45, 7) is 4.95. The Bertz CT molecular complexity index is 100. The van der Waals surface area contributed by atoms with Crippen LogP contribution in [-0.4, -0.2) is 18.3 Å². The van der Waals surface area contributed by atoms with Crippen LogP contribution in [0.1, 0.15) is 6.92 Å². The van der Waals surface area contributed by atoms with Crippen LogP contribution in [0.25, 0.3) is 0 Å². The highest BCUT2D eigenvalue weighted by atomic mass is 16.5. The third kappa shape index (κ3) is 7.13. The minimum atomic E-state index is -0.347. The molecule has 4 heteroatoms.